The number of hydrogen-bond donors (Lipinski definition) is 1. The van der Waals surface area contributed by atoms with Crippen molar-refractivity contribution < 1.29 is 4.79 Å². The summed E-state index contributed by atoms with van der Waals surface area (Å²) in [5.41, 5.74) is 4.40. The number of nitrogens with one attached hydrogen (secondary N) is 1. The SMILES string of the molecule is Cc1nn(C)c(NC(=O)[C@@H]2SCCc3ccccc32)c1C. The summed E-state index contributed by atoms with van der Waals surface area (Å²) in [4.78, 5) is 12.7. The number of hydrogen-bond acceptors (Lipinski definition) is 3. The average molecular weight is 301 g/mol. The van der Waals surface area contributed by atoms with Gasteiger partial charge in [-0.1, -0.05) is 24.3 Å². The van der Waals surface area contributed by atoms with Crippen LogP contribution in [0.2, 0.25) is 0 Å². The average Bonchev–Trinajstić information content (AvgIpc) is 2.73. The summed E-state index contributed by atoms with van der Waals surface area (Å²) in [6.45, 7) is 3.94. The zero-order valence-corrected chi connectivity index (χ0v) is 13.3. The number of thioether (sulfide) groups is 1. The van der Waals surface area contributed by atoms with E-state index in [0.29, 0.717) is 0 Å². The highest BCUT2D eigenvalue weighted by Gasteiger charge is 2.27. The van der Waals surface area contributed by atoms with E-state index in [2.05, 4.69) is 22.5 Å². The Kier molecular flexibility index (Phi) is 3.76. The summed E-state index contributed by atoms with van der Waals surface area (Å²) in [5, 5.41) is 7.26. The maximum absolute atomic E-state index is 12.7. The Hall–Kier alpha value is -1.75. The molecule has 0 saturated carbocycles. The molecule has 2 aromatic rings. The number of rotatable bonds is 2. The van der Waals surface area contributed by atoms with Crippen LogP contribution in [0.1, 0.15) is 27.6 Å². The molecule has 1 aliphatic rings. The Morgan fingerprint density at radius 3 is 2.86 bits per heavy atom. The van der Waals surface area contributed by atoms with Gasteiger partial charge in [-0.2, -0.15) is 5.10 Å². The number of carbonyl (C=O) groups is 1. The molecule has 3 rings (SSSR count). The quantitative estimate of drug-likeness (QED) is 0.927. The molecule has 0 fully saturated rings. The summed E-state index contributed by atoms with van der Waals surface area (Å²) in [6.07, 6.45) is 1.04. The van der Waals surface area contributed by atoms with E-state index >= 15 is 0 Å². The van der Waals surface area contributed by atoms with Gasteiger partial charge < -0.3 is 5.32 Å². The normalized spacial score (nSPS) is 17.4. The number of aryl methyl sites for hydroxylation is 3. The van der Waals surface area contributed by atoms with Gasteiger partial charge in [0.15, 0.2) is 0 Å². The topological polar surface area (TPSA) is 46.9 Å². The molecule has 0 spiro atoms. The molecule has 1 aliphatic heterocycles. The highest BCUT2D eigenvalue weighted by atomic mass is 32.2. The lowest BCUT2D eigenvalue weighted by Crippen LogP contribution is -2.24. The van der Waals surface area contributed by atoms with Crippen LogP contribution in [-0.2, 0) is 18.3 Å². The first-order valence-electron chi connectivity index (χ1n) is 7.08. The largest absolute Gasteiger partial charge is 0.309 e. The summed E-state index contributed by atoms with van der Waals surface area (Å²) < 4.78 is 1.74. The van der Waals surface area contributed by atoms with E-state index < -0.39 is 0 Å². The van der Waals surface area contributed by atoms with E-state index in [1.54, 1.807) is 16.4 Å². The fourth-order valence-electron chi connectivity index (χ4n) is 2.73. The van der Waals surface area contributed by atoms with E-state index in [-0.39, 0.29) is 11.2 Å². The Bertz CT molecular complexity index is 693. The third-order valence-electron chi connectivity index (χ3n) is 3.99. The minimum Gasteiger partial charge on any atom is -0.309 e. The summed E-state index contributed by atoms with van der Waals surface area (Å²) in [7, 11) is 1.86. The number of aromatic nitrogens is 2. The van der Waals surface area contributed by atoms with Crippen LogP contribution < -0.4 is 5.32 Å². The second kappa shape index (κ2) is 5.56. The van der Waals surface area contributed by atoms with E-state index in [9.17, 15) is 4.79 Å². The van der Waals surface area contributed by atoms with Crippen molar-refractivity contribution in [1.29, 1.82) is 0 Å². The van der Waals surface area contributed by atoms with Gasteiger partial charge in [-0.05, 0) is 37.1 Å². The summed E-state index contributed by atoms with van der Waals surface area (Å²) >= 11 is 1.71. The molecule has 0 aliphatic carbocycles. The van der Waals surface area contributed by atoms with Gasteiger partial charge in [-0.25, -0.2) is 0 Å². The van der Waals surface area contributed by atoms with Gasteiger partial charge >= 0.3 is 0 Å². The van der Waals surface area contributed by atoms with Crippen LogP contribution in [-0.4, -0.2) is 21.4 Å². The van der Waals surface area contributed by atoms with Crippen LogP contribution in [0.25, 0.3) is 0 Å². The van der Waals surface area contributed by atoms with Crippen molar-refractivity contribution in [3.8, 4) is 0 Å². The van der Waals surface area contributed by atoms with Crippen LogP contribution in [0.15, 0.2) is 24.3 Å². The number of carbonyl (C=O) groups excluding carboxylic acids is 1. The van der Waals surface area contributed by atoms with E-state index in [1.807, 2.05) is 33.0 Å². The zero-order valence-electron chi connectivity index (χ0n) is 12.5. The number of amides is 1. The van der Waals surface area contributed by atoms with Gasteiger partial charge in [-0.3, -0.25) is 9.48 Å². The predicted molar refractivity (Wildman–Crippen MR) is 86.7 cm³/mol. The maximum Gasteiger partial charge on any atom is 0.243 e. The first kappa shape index (κ1) is 14.2. The third kappa shape index (κ3) is 2.58. The van der Waals surface area contributed by atoms with Crippen molar-refractivity contribution in [1.82, 2.24) is 9.78 Å². The fraction of sp³-hybridized carbons (Fsp3) is 0.375. The van der Waals surface area contributed by atoms with Crippen LogP contribution >= 0.6 is 11.8 Å². The molecule has 2 heterocycles. The molecule has 0 bridgehead atoms. The van der Waals surface area contributed by atoms with E-state index in [0.717, 1.165) is 34.8 Å². The number of anilines is 1. The van der Waals surface area contributed by atoms with Gasteiger partial charge in [0.1, 0.15) is 11.1 Å². The Labute approximate surface area is 128 Å². The fourth-order valence-corrected chi connectivity index (χ4v) is 3.93. The maximum atomic E-state index is 12.7. The number of benzene rings is 1. The van der Waals surface area contributed by atoms with Gasteiger partial charge in [0, 0.05) is 12.6 Å². The molecule has 0 saturated heterocycles. The van der Waals surface area contributed by atoms with Crippen LogP contribution in [0.3, 0.4) is 0 Å². The molecule has 4 nitrogen and oxygen atoms in total. The molecule has 5 heteroatoms. The second-order valence-corrected chi connectivity index (χ2v) is 6.58. The predicted octanol–water partition coefficient (Wildman–Crippen LogP) is 3.01. The van der Waals surface area contributed by atoms with Crippen LogP contribution in [0.4, 0.5) is 5.82 Å². The van der Waals surface area contributed by atoms with E-state index in [1.165, 1.54) is 5.56 Å². The first-order chi connectivity index (χ1) is 10.1. The molecule has 1 aromatic carbocycles. The van der Waals surface area contributed by atoms with E-state index in [4.69, 9.17) is 0 Å². The lowest BCUT2D eigenvalue weighted by Gasteiger charge is -2.24. The molecule has 1 atom stereocenters. The highest BCUT2D eigenvalue weighted by molar-refractivity contribution is 8.00. The van der Waals surface area contributed by atoms with Crippen molar-refractivity contribution >= 4 is 23.5 Å². The van der Waals surface area contributed by atoms with Gasteiger partial charge in [0.05, 0.1) is 5.69 Å². The highest BCUT2D eigenvalue weighted by Crippen LogP contribution is 2.37. The molecule has 21 heavy (non-hydrogen) atoms. The van der Waals surface area contributed by atoms with Gasteiger partial charge in [0.25, 0.3) is 0 Å². The smallest absolute Gasteiger partial charge is 0.243 e. The molecule has 0 radical (unpaired) electrons. The molecular formula is C16H19N3OS. The molecular weight excluding hydrogens is 282 g/mol. The minimum atomic E-state index is -0.135. The zero-order chi connectivity index (χ0) is 15.0. The summed E-state index contributed by atoms with van der Waals surface area (Å²) in [6, 6.07) is 8.23. The lowest BCUT2D eigenvalue weighted by atomic mass is 10.0. The molecule has 0 unspecified atom stereocenters. The molecule has 1 N–H and O–H groups in total. The van der Waals surface area contributed by atoms with Crippen LogP contribution in [0, 0.1) is 13.8 Å². The standard InChI is InChI=1S/C16H19N3OS/c1-10-11(2)18-19(3)15(10)17-16(20)14-13-7-5-4-6-12(13)8-9-21-14/h4-7,14H,8-9H2,1-3H3,(H,17,20)/t14-/m1/s1. The summed E-state index contributed by atoms with van der Waals surface area (Å²) in [5.74, 6) is 1.82. The van der Waals surface area contributed by atoms with Crippen LogP contribution in [0.5, 0.6) is 0 Å². The second-order valence-electron chi connectivity index (χ2n) is 5.37. The first-order valence-corrected chi connectivity index (χ1v) is 8.13. The Morgan fingerprint density at radius 1 is 1.38 bits per heavy atom. The lowest BCUT2D eigenvalue weighted by molar-refractivity contribution is -0.115. The third-order valence-corrected chi connectivity index (χ3v) is 5.24. The Balaban J connectivity index is 1.87. The monoisotopic (exact) mass is 301 g/mol. The number of fused-ring (bicyclic) bond motifs is 1. The Morgan fingerprint density at radius 2 is 2.14 bits per heavy atom. The molecule has 110 valence electrons. The molecule has 1 amide bonds. The van der Waals surface area contributed by atoms with Crippen molar-refractivity contribution in [2.24, 2.45) is 7.05 Å². The van der Waals surface area contributed by atoms with Crippen molar-refractivity contribution in [2.45, 2.75) is 25.5 Å². The minimum absolute atomic E-state index is 0.0400. The van der Waals surface area contributed by atoms with Crippen molar-refractivity contribution in [3.63, 3.8) is 0 Å². The van der Waals surface area contributed by atoms with Gasteiger partial charge in [-0.15, -0.1) is 11.8 Å². The molecule has 1 aromatic heterocycles. The van der Waals surface area contributed by atoms with Crippen molar-refractivity contribution in [2.75, 3.05) is 11.1 Å². The van der Waals surface area contributed by atoms with Crippen molar-refractivity contribution in [3.05, 3.63) is 46.6 Å². The van der Waals surface area contributed by atoms with Gasteiger partial charge in [0.2, 0.25) is 5.91 Å². The number of nitrogens with zero attached hydrogens (tertiary/aromatic N) is 2.